The first-order chi connectivity index (χ1) is 9.83. The summed E-state index contributed by atoms with van der Waals surface area (Å²) < 4.78 is 0. The zero-order valence-corrected chi connectivity index (χ0v) is 10.4. The number of H-pyrrole nitrogens is 2. The van der Waals surface area contributed by atoms with E-state index in [1.807, 2.05) is 0 Å². The van der Waals surface area contributed by atoms with E-state index in [2.05, 4.69) is 36.1 Å². The monoisotopic (exact) mass is 269 g/mol. The van der Waals surface area contributed by atoms with E-state index in [1.165, 1.54) is 0 Å². The van der Waals surface area contributed by atoms with Crippen molar-refractivity contribution >= 4 is 5.91 Å². The van der Waals surface area contributed by atoms with Gasteiger partial charge in [0.2, 0.25) is 5.82 Å². The van der Waals surface area contributed by atoms with E-state index in [9.17, 15) is 4.79 Å². The van der Waals surface area contributed by atoms with Crippen LogP contribution in [0.5, 0.6) is 0 Å². The summed E-state index contributed by atoms with van der Waals surface area (Å²) in [5.41, 5.74) is 2.28. The number of benzene rings is 1. The molecule has 0 aliphatic carbocycles. The van der Waals surface area contributed by atoms with Crippen molar-refractivity contribution in [2.45, 2.75) is 6.54 Å². The number of nitrogens with zero attached hydrogens (tertiary/aromatic N) is 4. The molecule has 0 radical (unpaired) electrons. The van der Waals surface area contributed by atoms with Crippen LogP contribution in [0.1, 0.15) is 15.9 Å². The molecule has 0 aliphatic rings. The molecule has 2 aromatic heterocycles. The number of amides is 1. The number of tetrazole rings is 1. The molecule has 1 amide bonds. The number of hydrogen-bond donors (Lipinski definition) is 3. The van der Waals surface area contributed by atoms with Crippen LogP contribution in [0.3, 0.4) is 0 Å². The third-order valence-electron chi connectivity index (χ3n) is 2.76. The molecule has 0 bridgehead atoms. The molecule has 3 rings (SSSR count). The van der Waals surface area contributed by atoms with Crippen LogP contribution in [0.15, 0.2) is 36.7 Å². The molecule has 3 aromatic rings. The van der Waals surface area contributed by atoms with Crippen LogP contribution in [-0.2, 0) is 6.54 Å². The molecular formula is C12H11N7O. The highest BCUT2D eigenvalue weighted by atomic mass is 16.1. The summed E-state index contributed by atoms with van der Waals surface area (Å²) >= 11 is 0. The second kappa shape index (κ2) is 5.31. The quantitative estimate of drug-likeness (QED) is 0.639. The lowest BCUT2D eigenvalue weighted by atomic mass is 10.1. The molecule has 0 atom stereocenters. The minimum absolute atomic E-state index is 0.147. The van der Waals surface area contributed by atoms with Gasteiger partial charge in [-0.25, -0.2) is 0 Å². The average Bonchev–Trinajstić information content (AvgIpc) is 3.18. The van der Waals surface area contributed by atoms with Gasteiger partial charge in [-0.1, -0.05) is 12.1 Å². The van der Waals surface area contributed by atoms with Gasteiger partial charge in [0, 0.05) is 29.4 Å². The van der Waals surface area contributed by atoms with Crippen molar-refractivity contribution in [1.82, 2.24) is 36.1 Å². The standard InChI is InChI=1S/C12H11N7O/c20-12(13-5-8-6-14-15-7-8)10-3-1-9(2-4-10)11-16-18-19-17-11/h1-4,6-7H,5H2,(H,13,20)(H,14,15)(H,16,17,18,19). The second-order valence-electron chi connectivity index (χ2n) is 4.10. The Kier molecular flexibility index (Phi) is 3.19. The van der Waals surface area contributed by atoms with Crippen molar-refractivity contribution in [3.8, 4) is 11.4 Å². The van der Waals surface area contributed by atoms with Gasteiger partial charge >= 0.3 is 0 Å². The summed E-state index contributed by atoms with van der Waals surface area (Å²) in [4.78, 5) is 11.9. The van der Waals surface area contributed by atoms with Crippen LogP contribution in [-0.4, -0.2) is 36.7 Å². The number of carbonyl (C=O) groups excluding carboxylic acids is 1. The molecule has 0 fully saturated rings. The number of aromatic amines is 2. The molecule has 0 saturated carbocycles. The van der Waals surface area contributed by atoms with Crippen molar-refractivity contribution in [1.29, 1.82) is 0 Å². The fourth-order valence-electron chi connectivity index (χ4n) is 1.71. The number of carbonyl (C=O) groups is 1. The van der Waals surface area contributed by atoms with Crippen LogP contribution in [0.4, 0.5) is 0 Å². The van der Waals surface area contributed by atoms with E-state index >= 15 is 0 Å². The minimum atomic E-state index is -0.147. The van der Waals surface area contributed by atoms with Gasteiger partial charge in [-0.05, 0) is 17.3 Å². The molecular weight excluding hydrogens is 258 g/mol. The highest BCUT2D eigenvalue weighted by Crippen LogP contribution is 2.13. The lowest BCUT2D eigenvalue weighted by Crippen LogP contribution is -2.22. The summed E-state index contributed by atoms with van der Waals surface area (Å²) in [5, 5.41) is 22.9. The molecule has 8 nitrogen and oxygen atoms in total. The molecule has 3 N–H and O–H groups in total. The smallest absolute Gasteiger partial charge is 0.251 e. The zero-order valence-electron chi connectivity index (χ0n) is 10.4. The van der Waals surface area contributed by atoms with E-state index in [4.69, 9.17) is 0 Å². The fourth-order valence-corrected chi connectivity index (χ4v) is 1.71. The van der Waals surface area contributed by atoms with E-state index in [0.717, 1.165) is 11.1 Å². The lowest BCUT2D eigenvalue weighted by molar-refractivity contribution is 0.0951. The highest BCUT2D eigenvalue weighted by molar-refractivity contribution is 5.94. The summed E-state index contributed by atoms with van der Waals surface area (Å²) in [5.74, 6) is 0.348. The van der Waals surface area contributed by atoms with Crippen molar-refractivity contribution in [3.63, 3.8) is 0 Å². The van der Waals surface area contributed by atoms with Crippen molar-refractivity contribution in [2.75, 3.05) is 0 Å². The minimum Gasteiger partial charge on any atom is -0.348 e. The van der Waals surface area contributed by atoms with Crippen LogP contribution in [0.25, 0.3) is 11.4 Å². The fraction of sp³-hybridized carbons (Fsp3) is 0.0833. The van der Waals surface area contributed by atoms with Crippen LogP contribution in [0, 0.1) is 0 Å². The Bertz CT molecular complexity index is 673. The topological polar surface area (TPSA) is 112 Å². The number of nitrogens with one attached hydrogen (secondary N) is 3. The maximum absolute atomic E-state index is 11.9. The molecule has 20 heavy (non-hydrogen) atoms. The first kappa shape index (κ1) is 12.0. The summed E-state index contributed by atoms with van der Waals surface area (Å²) in [7, 11) is 0. The summed E-state index contributed by atoms with van der Waals surface area (Å²) in [6.45, 7) is 0.432. The third-order valence-corrected chi connectivity index (χ3v) is 2.76. The lowest BCUT2D eigenvalue weighted by Gasteiger charge is -2.04. The Morgan fingerprint density at radius 2 is 2.10 bits per heavy atom. The van der Waals surface area contributed by atoms with Gasteiger partial charge in [0.1, 0.15) is 0 Å². The Morgan fingerprint density at radius 3 is 2.75 bits per heavy atom. The van der Waals surface area contributed by atoms with Crippen molar-refractivity contribution in [2.24, 2.45) is 0 Å². The predicted octanol–water partition coefficient (Wildman–Crippen LogP) is 0.520. The Hall–Kier alpha value is -3.03. The second-order valence-corrected chi connectivity index (χ2v) is 4.10. The van der Waals surface area contributed by atoms with E-state index in [1.54, 1.807) is 36.7 Å². The molecule has 2 heterocycles. The molecule has 1 aromatic carbocycles. The maximum Gasteiger partial charge on any atom is 0.251 e. The Labute approximate surface area is 113 Å². The van der Waals surface area contributed by atoms with Crippen molar-refractivity contribution in [3.05, 3.63) is 47.8 Å². The van der Waals surface area contributed by atoms with Gasteiger partial charge < -0.3 is 5.32 Å². The van der Waals surface area contributed by atoms with E-state index < -0.39 is 0 Å². The van der Waals surface area contributed by atoms with Gasteiger partial charge in [0.25, 0.3) is 5.91 Å². The molecule has 8 heteroatoms. The summed E-state index contributed by atoms with van der Waals surface area (Å²) in [6, 6.07) is 6.99. The highest BCUT2D eigenvalue weighted by Gasteiger charge is 2.07. The van der Waals surface area contributed by atoms with Gasteiger partial charge in [0.05, 0.1) is 6.20 Å². The first-order valence-corrected chi connectivity index (χ1v) is 5.92. The third kappa shape index (κ3) is 2.53. The molecule has 0 unspecified atom stereocenters. The van der Waals surface area contributed by atoms with Gasteiger partial charge in [-0.2, -0.15) is 10.3 Å². The predicted molar refractivity (Wildman–Crippen MR) is 69.4 cm³/mol. The summed E-state index contributed by atoms with van der Waals surface area (Å²) in [6.07, 6.45) is 3.40. The van der Waals surface area contributed by atoms with E-state index in [-0.39, 0.29) is 5.91 Å². The van der Waals surface area contributed by atoms with Crippen LogP contribution < -0.4 is 5.32 Å². The largest absolute Gasteiger partial charge is 0.348 e. The van der Waals surface area contributed by atoms with E-state index in [0.29, 0.717) is 17.9 Å². The Balaban J connectivity index is 1.66. The van der Waals surface area contributed by atoms with Crippen molar-refractivity contribution < 1.29 is 4.79 Å². The normalized spacial score (nSPS) is 10.4. The van der Waals surface area contributed by atoms with Gasteiger partial charge in [-0.15, -0.1) is 10.2 Å². The van der Waals surface area contributed by atoms with Gasteiger partial charge in [0.15, 0.2) is 0 Å². The number of aromatic nitrogens is 6. The van der Waals surface area contributed by atoms with Crippen LogP contribution >= 0.6 is 0 Å². The average molecular weight is 269 g/mol. The molecule has 0 aliphatic heterocycles. The molecule has 0 spiro atoms. The molecule has 100 valence electrons. The number of rotatable bonds is 4. The first-order valence-electron chi connectivity index (χ1n) is 5.92. The van der Waals surface area contributed by atoms with Crippen LogP contribution in [0.2, 0.25) is 0 Å². The van der Waals surface area contributed by atoms with Gasteiger partial charge in [-0.3, -0.25) is 9.89 Å². The Morgan fingerprint density at radius 1 is 1.25 bits per heavy atom. The zero-order chi connectivity index (χ0) is 13.8. The maximum atomic E-state index is 11.9. The number of hydrogen-bond acceptors (Lipinski definition) is 5. The SMILES string of the molecule is O=C(NCc1cn[nH]c1)c1ccc(-c2nn[nH]n2)cc1. The molecule has 0 saturated heterocycles.